The topological polar surface area (TPSA) is 114 Å². The van der Waals surface area contributed by atoms with E-state index in [4.69, 9.17) is 5.73 Å². The van der Waals surface area contributed by atoms with Crippen molar-refractivity contribution in [2.24, 2.45) is 5.92 Å². The van der Waals surface area contributed by atoms with Crippen LogP contribution in [0.25, 0.3) is 16.9 Å². The van der Waals surface area contributed by atoms with E-state index in [9.17, 15) is 14.9 Å². The maximum absolute atomic E-state index is 13.4. The number of nitrogens with two attached hydrogens (primary N) is 1. The van der Waals surface area contributed by atoms with Crippen molar-refractivity contribution >= 4 is 23.1 Å². The molecule has 7 nitrogen and oxygen atoms in total. The summed E-state index contributed by atoms with van der Waals surface area (Å²) in [5, 5.41) is 16.9. The molecule has 0 saturated heterocycles. The van der Waals surface area contributed by atoms with Gasteiger partial charge in [-0.05, 0) is 42.0 Å². The normalized spacial score (nSPS) is 12.3. The van der Waals surface area contributed by atoms with Crippen molar-refractivity contribution in [3.8, 4) is 23.0 Å². The lowest BCUT2D eigenvalue weighted by Crippen LogP contribution is -2.29. The van der Waals surface area contributed by atoms with Crippen molar-refractivity contribution in [3.05, 3.63) is 95.7 Å². The molecule has 3 aromatic carbocycles. The molecule has 1 aliphatic rings. The second-order valence-corrected chi connectivity index (χ2v) is 7.79. The molecule has 0 fully saturated rings. The highest BCUT2D eigenvalue weighted by atomic mass is 16.2. The molecule has 0 aliphatic heterocycles. The molecule has 1 aromatic heterocycles. The van der Waals surface area contributed by atoms with E-state index in [2.05, 4.69) is 10.4 Å². The van der Waals surface area contributed by atoms with Crippen LogP contribution in [0.15, 0.2) is 78.9 Å². The predicted octanol–water partition coefficient (Wildman–Crippen LogP) is 3.99. The Kier molecular flexibility index (Phi) is 4.96. The summed E-state index contributed by atoms with van der Waals surface area (Å²) in [6.07, 6.45) is 0.511. The number of ketones is 1. The Morgan fingerprint density at radius 2 is 1.70 bits per heavy atom. The van der Waals surface area contributed by atoms with E-state index in [-0.39, 0.29) is 5.69 Å². The van der Waals surface area contributed by atoms with E-state index in [0.29, 0.717) is 17.8 Å². The van der Waals surface area contributed by atoms with Crippen LogP contribution in [0.3, 0.4) is 0 Å². The van der Waals surface area contributed by atoms with Crippen molar-refractivity contribution in [2.45, 2.75) is 6.42 Å². The zero-order chi connectivity index (χ0) is 22.9. The maximum Gasteiger partial charge on any atom is 0.249 e. The summed E-state index contributed by atoms with van der Waals surface area (Å²) in [5.41, 5.74) is 11.2. The van der Waals surface area contributed by atoms with Gasteiger partial charge in [-0.1, -0.05) is 42.5 Å². The lowest BCUT2D eigenvalue weighted by molar-refractivity contribution is -0.117. The lowest BCUT2D eigenvalue weighted by Gasteiger charge is -2.10. The van der Waals surface area contributed by atoms with Crippen LogP contribution in [0.2, 0.25) is 0 Å². The molecule has 1 unspecified atom stereocenters. The molecule has 0 bridgehead atoms. The number of rotatable bonds is 5. The number of carbonyl (C=O) groups excluding carboxylic acids is 2. The number of nitrogens with zero attached hydrogens (tertiary/aromatic N) is 3. The second kappa shape index (κ2) is 8.09. The van der Waals surface area contributed by atoms with Gasteiger partial charge in [0.25, 0.3) is 0 Å². The number of anilines is 2. The van der Waals surface area contributed by atoms with Crippen molar-refractivity contribution in [1.29, 1.82) is 5.26 Å². The van der Waals surface area contributed by atoms with Crippen molar-refractivity contribution in [3.63, 3.8) is 0 Å². The Morgan fingerprint density at radius 1 is 1.00 bits per heavy atom. The number of nitrogens with one attached hydrogen (secondary N) is 1. The highest BCUT2D eigenvalue weighted by Gasteiger charge is 2.36. The highest BCUT2D eigenvalue weighted by Crippen LogP contribution is 2.40. The summed E-state index contributed by atoms with van der Waals surface area (Å²) in [6, 6.07) is 25.7. The van der Waals surface area contributed by atoms with Crippen molar-refractivity contribution < 1.29 is 9.59 Å². The van der Waals surface area contributed by atoms with Crippen LogP contribution in [0.4, 0.5) is 11.4 Å². The summed E-state index contributed by atoms with van der Waals surface area (Å²) < 4.78 is 1.72. The predicted molar refractivity (Wildman–Crippen MR) is 125 cm³/mol. The number of hydrogen-bond donors (Lipinski definition) is 2. The van der Waals surface area contributed by atoms with E-state index in [1.165, 1.54) is 0 Å². The molecule has 5 rings (SSSR count). The minimum Gasteiger partial charge on any atom is -0.399 e. The van der Waals surface area contributed by atoms with E-state index in [1.807, 2.05) is 60.7 Å². The summed E-state index contributed by atoms with van der Waals surface area (Å²) in [7, 11) is 0. The first-order valence-corrected chi connectivity index (χ1v) is 10.4. The van der Waals surface area contributed by atoms with Crippen LogP contribution in [0.1, 0.15) is 21.6 Å². The number of aromatic nitrogens is 2. The molecule has 1 aliphatic carbocycles. The van der Waals surface area contributed by atoms with Gasteiger partial charge in [0.05, 0.1) is 17.5 Å². The number of amides is 1. The number of fused-ring (bicyclic) bond motifs is 3. The van der Waals surface area contributed by atoms with Crippen LogP contribution < -0.4 is 11.1 Å². The van der Waals surface area contributed by atoms with Crippen molar-refractivity contribution in [1.82, 2.24) is 9.78 Å². The smallest absolute Gasteiger partial charge is 0.249 e. The van der Waals surface area contributed by atoms with Gasteiger partial charge in [0, 0.05) is 28.9 Å². The summed E-state index contributed by atoms with van der Waals surface area (Å²) >= 11 is 0. The van der Waals surface area contributed by atoms with Gasteiger partial charge in [-0.25, -0.2) is 4.68 Å². The van der Waals surface area contributed by atoms with Crippen LogP contribution >= 0.6 is 0 Å². The van der Waals surface area contributed by atoms with E-state index in [0.717, 1.165) is 28.1 Å². The molecular formula is C26H19N5O2. The minimum atomic E-state index is -1.53. The molecule has 0 radical (unpaired) electrons. The van der Waals surface area contributed by atoms with Gasteiger partial charge in [0.2, 0.25) is 11.7 Å². The fraction of sp³-hybridized carbons (Fsp3) is 0.0769. The number of nitriles is 1. The third-order valence-corrected chi connectivity index (χ3v) is 5.69. The fourth-order valence-electron chi connectivity index (χ4n) is 4.10. The molecule has 33 heavy (non-hydrogen) atoms. The van der Waals surface area contributed by atoms with Crippen LogP contribution in [-0.2, 0) is 11.2 Å². The Balaban J connectivity index is 1.54. The van der Waals surface area contributed by atoms with Gasteiger partial charge < -0.3 is 11.1 Å². The van der Waals surface area contributed by atoms with Gasteiger partial charge in [0.1, 0.15) is 5.69 Å². The number of benzene rings is 3. The first-order valence-electron chi connectivity index (χ1n) is 10.4. The molecule has 1 atom stereocenters. The third kappa shape index (κ3) is 3.54. The number of nitrogen functional groups attached to an aromatic ring is 1. The van der Waals surface area contributed by atoms with Gasteiger partial charge >= 0.3 is 0 Å². The van der Waals surface area contributed by atoms with Crippen molar-refractivity contribution in [2.75, 3.05) is 11.1 Å². The minimum absolute atomic E-state index is 0.143. The summed E-state index contributed by atoms with van der Waals surface area (Å²) in [6.45, 7) is 0. The first kappa shape index (κ1) is 20.2. The zero-order valence-corrected chi connectivity index (χ0v) is 17.5. The zero-order valence-electron chi connectivity index (χ0n) is 17.5. The summed E-state index contributed by atoms with van der Waals surface area (Å²) in [4.78, 5) is 26.3. The molecule has 1 amide bonds. The van der Waals surface area contributed by atoms with Gasteiger partial charge in [-0.2, -0.15) is 10.4 Å². The van der Waals surface area contributed by atoms with Gasteiger partial charge in [0.15, 0.2) is 5.92 Å². The highest BCUT2D eigenvalue weighted by molar-refractivity contribution is 6.16. The Labute approximate surface area is 190 Å². The van der Waals surface area contributed by atoms with E-state index >= 15 is 0 Å². The van der Waals surface area contributed by atoms with E-state index in [1.54, 1.807) is 28.9 Å². The number of Topliss-reactive ketones (excluding diaryl/α,β-unsaturated/α-hetero) is 1. The molecule has 1 heterocycles. The third-order valence-electron chi connectivity index (χ3n) is 5.69. The first-order chi connectivity index (χ1) is 16.1. The average molecular weight is 433 g/mol. The van der Waals surface area contributed by atoms with Crippen LogP contribution in [-0.4, -0.2) is 21.5 Å². The standard InChI is InChI=1S/C26H19N5O2/c27-15-22(26(33)29-18-12-10-17(28)11-13-18)25(32)23-21-14-16-6-4-5-9-20(16)24(21)31(30-23)19-7-2-1-3-8-19/h1-13,22H,14,28H2,(H,29,33). The molecule has 7 heteroatoms. The quantitative estimate of drug-likeness (QED) is 0.247. The van der Waals surface area contributed by atoms with Crippen LogP contribution in [0, 0.1) is 17.2 Å². The number of hydrogen-bond acceptors (Lipinski definition) is 5. The number of carbonyl (C=O) groups is 2. The molecule has 0 saturated carbocycles. The average Bonchev–Trinajstić information content (AvgIpc) is 3.39. The Bertz CT molecular complexity index is 1420. The van der Waals surface area contributed by atoms with E-state index < -0.39 is 17.6 Å². The van der Waals surface area contributed by atoms with Crippen LogP contribution in [0.5, 0.6) is 0 Å². The number of para-hydroxylation sites is 1. The summed E-state index contributed by atoms with van der Waals surface area (Å²) in [5.74, 6) is -2.86. The molecule has 0 spiro atoms. The second-order valence-electron chi connectivity index (χ2n) is 7.79. The lowest BCUT2D eigenvalue weighted by atomic mass is 9.98. The molecule has 4 aromatic rings. The molecule has 3 N–H and O–H groups in total. The van der Waals surface area contributed by atoms with Gasteiger partial charge in [-0.15, -0.1) is 0 Å². The molecular weight excluding hydrogens is 414 g/mol. The Morgan fingerprint density at radius 3 is 2.42 bits per heavy atom. The Hall–Kier alpha value is -4.70. The SMILES string of the molecule is N#CC(C(=O)Nc1ccc(N)cc1)C(=O)c1nn(-c2ccccc2)c2c1Cc1ccccc1-2. The largest absolute Gasteiger partial charge is 0.399 e. The van der Waals surface area contributed by atoms with Gasteiger partial charge in [-0.3, -0.25) is 9.59 Å². The molecule has 160 valence electrons. The fourth-order valence-corrected chi connectivity index (χ4v) is 4.10. The maximum atomic E-state index is 13.4. The monoisotopic (exact) mass is 433 g/mol.